The third-order valence-corrected chi connectivity index (χ3v) is 5.30. The zero-order valence-electron chi connectivity index (χ0n) is 13.6. The number of hydrogen-bond acceptors (Lipinski definition) is 3. The first-order chi connectivity index (χ1) is 11.3. The highest BCUT2D eigenvalue weighted by Crippen LogP contribution is 2.42. The largest absolute Gasteiger partial charge is 0.489 e. The van der Waals surface area contributed by atoms with Crippen LogP contribution < -0.4 is 4.74 Å². The van der Waals surface area contributed by atoms with Crippen molar-refractivity contribution in [3.8, 4) is 5.75 Å². The molecule has 0 spiro atoms. The van der Waals surface area contributed by atoms with Crippen LogP contribution in [0.4, 0.5) is 8.78 Å². The number of nitrogens with zero attached hydrogens (tertiary/aromatic N) is 2. The molecule has 4 nitrogen and oxygen atoms in total. The van der Waals surface area contributed by atoms with Gasteiger partial charge in [0.1, 0.15) is 5.60 Å². The van der Waals surface area contributed by atoms with E-state index in [1.54, 1.807) is 4.68 Å². The molecule has 24 heavy (non-hydrogen) atoms. The van der Waals surface area contributed by atoms with Crippen molar-refractivity contribution in [1.29, 1.82) is 0 Å². The standard InChI is InChI=1S/C17H19BrF2N2O2/c1-10-11(16(21-22(10)2)17(23)7-3-8-17)6-9-24-15-12(18)4-5-13(19)14(15)20/h4-5,23H,3,6-9H2,1-2H3. The van der Waals surface area contributed by atoms with E-state index in [9.17, 15) is 13.9 Å². The van der Waals surface area contributed by atoms with Crippen LogP contribution in [-0.4, -0.2) is 21.5 Å². The Labute approximate surface area is 147 Å². The molecule has 2 aromatic rings. The predicted molar refractivity (Wildman–Crippen MR) is 88.9 cm³/mol. The molecule has 0 radical (unpaired) electrons. The first kappa shape index (κ1) is 17.4. The summed E-state index contributed by atoms with van der Waals surface area (Å²) in [5, 5.41) is 15.1. The van der Waals surface area contributed by atoms with Gasteiger partial charge in [-0.1, -0.05) is 0 Å². The molecule has 7 heteroatoms. The summed E-state index contributed by atoms with van der Waals surface area (Å²) < 4.78 is 34.7. The van der Waals surface area contributed by atoms with Gasteiger partial charge in [-0.05, 0) is 54.2 Å². The van der Waals surface area contributed by atoms with Crippen molar-refractivity contribution in [1.82, 2.24) is 9.78 Å². The van der Waals surface area contributed by atoms with E-state index in [0.717, 1.165) is 23.7 Å². The number of aryl methyl sites for hydroxylation is 1. The maximum absolute atomic E-state index is 13.8. The van der Waals surface area contributed by atoms with Crippen molar-refractivity contribution in [2.75, 3.05) is 6.61 Å². The summed E-state index contributed by atoms with van der Waals surface area (Å²) in [5.41, 5.74) is 1.66. The Balaban J connectivity index is 1.78. The predicted octanol–water partition coefficient (Wildman–Crippen LogP) is 3.76. The molecule has 0 unspecified atom stereocenters. The molecule has 1 aliphatic carbocycles. The second-order valence-electron chi connectivity index (χ2n) is 6.19. The van der Waals surface area contributed by atoms with Gasteiger partial charge in [-0.2, -0.15) is 9.49 Å². The summed E-state index contributed by atoms with van der Waals surface area (Å²) in [6.07, 6.45) is 2.83. The topological polar surface area (TPSA) is 47.3 Å². The summed E-state index contributed by atoms with van der Waals surface area (Å²) in [7, 11) is 1.83. The van der Waals surface area contributed by atoms with E-state index in [1.165, 1.54) is 6.07 Å². The Morgan fingerprint density at radius 3 is 2.71 bits per heavy atom. The van der Waals surface area contributed by atoms with Gasteiger partial charge in [0.25, 0.3) is 0 Å². The third-order valence-electron chi connectivity index (χ3n) is 4.68. The summed E-state index contributed by atoms with van der Waals surface area (Å²) in [5.74, 6) is -2.10. The van der Waals surface area contributed by atoms with Gasteiger partial charge in [0.05, 0.1) is 16.8 Å². The highest BCUT2D eigenvalue weighted by Gasteiger charge is 2.41. The van der Waals surface area contributed by atoms with Gasteiger partial charge in [-0.25, -0.2) is 4.39 Å². The number of hydrogen-bond donors (Lipinski definition) is 1. The monoisotopic (exact) mass is 400 g/mol. The number of aliphatic hydroxyl groups is 1. The number of rotatable bonds is 5. The minimum absolute atomic E-state index is 0.138. The SMILES string of the molecule is Cc1c(CCOc2c(Br)ccc(F)c2F)c(C2(O)CCC2)nn1C. The minimum Gasteiger partial charge on any atom is -0.489 e. The maximum Gasteiger partial charge on any atom is 0.201 e. The lowest BCUT2D eigenvalue weighted by atomic mass is 9.76. The van der Waals surface area contributed by atoms with Crippen LogP contribution in [0.5, 0.6) is 5.75 Å². The minimum atomic E-state index is -1.01. The van der Waals surface area contributed by atoms with Crippen molar-refractivity contribution >= 4 is 15.9 Å². The number of ether oxygens (including phenoxy) is 1. The van der Waals surface area contributed by atoms with Crippen LogP contribution in [-0.2, 0) is 19.1 Å². The molecule has 0 saturated heterocycles. The van der Waals surface area contributed by atoms with Crippen LogP contribution >= 0.6 is 15.9 Å². The van der Waals surface area contributed by atoms with E-state index in [1.807, 2.05) is 14.0 Å². The van der Waals surface area contributed by atoms with E-state index in [4.69, 9.17) is 4.74 Å². The van der Waals surface area contributed by atoms with Crippen LogP contribution in [0, 0.1) is 18.6 Å². The zero-order valence-corrected chi connectivity index (χ0v) is 15.2. The van der Waals surface area contributed by atoms with Gasteiger partial charge >= 0.3 is 0 Å². The van der Waals surface area contributed by atoms with E-state index in [0.29, 0.717) is 29.4 Å². The second kappa shape index (κ2) is 6.44. The van der Waals surface area contributed by atoms with Gasteiger partial charge < -0.3 is 9.84 Å². The smallest absolute Gasteiger partial charge is 0.201 e. The maximum atomic E-state index is 13.8. The first-order valence-electron chi connectivity index (χ1n) is 7.85. The summed E-state index contributed by atoms with van der Waals surface area (Å²) in [6, 6.07) is 2.45. The Kier molecular flexibility index (Phi) is 4.66. The highest BCUT2D eigenvalue weighted by molar-refractivity contribution is 9.10. The van der Waals surface area contributed by atoms with Gasteiger partial charge in [0.2, 0.25) is 5.82 Å². The molecule has 1 aromatic carbocycles. The Morgan fingerprint density at radius 1 is 1.38 bits per heavy atom. The van der Waals surface area contributed by atoms with Gasteiger partial charge in [-0.3, -0.25) is 4.68 Å². The molecule has 1 N–H and O–H groups in total. The van der Waals surface area contributed by atoms with Crippen LogP contribution in [0.1, 0.15) is 36.2 Å². The Bertz CT molecular complexity index is 772. The molecule has 1 heterocycles. The summed E-state index contributed by atoms with van der Waals surface area (Å²) >= 11 is 3.16. The third kappa shape index (κ3) is 2.95. The molecule has 1 saturated carbocycles. The molecule has 0 amide bonds. The number of aromatic nitrogens is 2. The second-order valence-corrected chi connectivity index (χ2v) is 7.05. The average molecular weight is 401 g/mol. The Morgan fingerprint density at radius 2 is 2.08 bits per heavy atom. The lowest BCUT2D eigenvalue weighted by Crippen LogP contribution is -2.35. The quantitative estimate of drug-likeness (QED) is 0.777. The highest BCUT2D eigenvalue weighted by atomic mass is 79.9. The molecule has 1 fully saturated rings. The van der Waals surface area contributed by atoms with E-state index in [2.05, 4.69) is 21.0 Å². The fraction of sp³-hybridized carbons (Fsp3) is 0.471. The molecule has 0 atom stereocenters. The Hall–Kier alpha value is -1.47. The van der Waals surface area contributed by atoms with Gasteiger partial charge in [0, 0.05) is 24.7 Å². The lowest BCUT2D eigenvalue weighted by Gasteiger charge is -2.35. The molecule has 1 aliphatic rings. The van der Waals surface area contributed by atoms with Gasteiger partial charge in [-0.15, -0.1) is 0 Å². The molecular weight excluding hydrogens is 382 g/mol. The first-order valence-corrected chi connectivity index (χ1v) is 8.64. The lowest BCUT2D eigenvalue weighted by molar-refractivity contribution is -0.0437. The van der Waals surface area contributed by atoms with E-state index >= 15 is 0 Å². The summed E-state index contributed by atoms with van der Waals surface area (Å²) in [4.78, 5) is 0. The normalized spacial score (nSPS) is 16.1. The fourth-order valence-corrected chi connectivity index (χ4v) is 3.39. The molecule has 0 aliphatic heterocycles. The van der Waals surface area contributed by atoms with E-state index in [-0.39, 0.29) is 12.4 Å². The number of benzene rings is 1. The van der Waals surface area contributed by atoms with Gasteiger partial charge in [0.15, 0.2) is 11.6 Å². The van der Waals surface area contributed by atoms with Crippen LogP contribution in [0.3, 0.4) is 0 Å². The van der Waals surface area contributed by atoms with Crippen molar-refractivity contribution < 1.29 is 18.6 Å². The molecular formula is C17H19BrF2N2O2. The van der Waals surface area contributed by atoms with Crippen LogP contribution in [0.2, 0.25) is 0 Å². The fourth-order valence-electron chi connectivity index (χ4n) is 2.97. The molecule has 0 bridgehead atoms. The van der Waals surface area contributed by atoms with Crippen molar-refractivity contribution in [2.24, 2.45) is 7.05 Å². The van der Waals surface area contributed by atoms with Crippen molar-refractivity contribution in [3.05, 3.63) is 45.2 Å². The zero-order chi connectivity index (χ0) is 17.5. The van der Waals surface area contributed by atoms with E-state index < -0.39 is 17.2 Å². The van der Waals surface area contributed by atoms with Crippen LogP contribution in [0.25, 0.3) is 0 Å². The van der Waals surface area contributed by atoms with Crippen molar-refractivity contribution in [2.45, 2.75) is 38.2 Å². The molecule has 130 valence electrons. The van der Waals surface area contributed by atoms with Crippen LogP contribution in [0.15, 0.2) is 16.6 Å². The summed E-state index contributed by atoms with van der Waals surface area (Å²) in [6.45, 7) is 2.08. The molecule has 3 rings (SSSR count). The number of halogens is 3. The van der Waals surface area contributed by atoms with Crippen molar-refractivity contribution in [3.63, 3.8) is 0 Å². The molecule has 1 aromatic heterocycles. The average Bonchev–Trinajstić information content (AvgIpc) is 2.80.